The summed E-state index contributed by atoms with van der Waals surface area (Å²) in [5.41, 5.74) is 2.01. The van der Waals surface area contributed by atoms with Crippen LogP contribution < -0.4 is 5.32 Å². The highest BCUT2D eigenvalue weighted by Gasteiger charge is 2.07. The molecule has 2 aromatic rings. The van der Waals surface area contributed by atoms with Gasteiger partial charge in [-0.15, -0.1) is 0 Å². The van der Waals surface area contributed by atoms with Gasteiger partial charge >= 0.3 is 0 Å². The van der Waals surface area contributed by atoms with Crippen LogP contribution in [0.3, 0.4) is 0 Å². The van der Waals surface area contributed by atoms with Crippen molar-refractivity contribution in [2.45, 2.75) is 6.42 Å². The average molecular weight is 365 g/mol. The number of carbonyl (C=O) groups excluding carboxylic acids is 2. The van der Waals surface area contributed by atoms with Gasteiger partial charge in [-0.1, -0.05) is 24.0 Å². The van der Waals surface area contributed by atoms with E-state index in [4.69, 9.17) is 0 Å². The molecule has 2 rings (SSSR count). The van der Waals surface area contributed by atoms with E-state index in [1.54, 1.807) is 50.5 Å². The Bertz CT molecular complexity index is 892. The van der Waals surface area contributed by atoms with Crippen molar-refractivity contribution in [1.82, 2.24) is 10.2 Å². The van der Waals surface area contributed by atoms with Crippen molar-refractivity contribution in [3.05, 3.63) is 75.3 Å². The van der Waals surface area contributed by atoms with Gasteiger partial charge in [-0.2, -0.15) is 0 Å². The lowest BCUT2D eigenvalue weighted by molar-refractivity contribution is -0.384. The van der Waals surface area contributed by atoms with Crippen molar-refractivity contribution in [1.29, 1.82) is 0 Å². The van der Waals surface area contributed by atoms with E-state index in [0.717, 1.165) is 5.56 Å². The number of hydrogen-bond donors (Lipinski definition) is 1. The number of amides is 2. The summed E-state index contributed by atoms with van der Waals surface area (Å²) in [6.45, 7) is 0.185. The number of nitro groups is 1. The topological polar surface area (TPSA) is 92.6 Å². The van der Waals surface area contributed by atoms with Gasteiger partial charge in [-0.05, 0) is 29.8 Å². The number of nitrogens with zero attached hydrogens (tertiary/aromatic N) is 2. The van der Waals surface area contributed by atoms with E-state index < -0.39 is 4.92 Å². The summed E-state index contributed by atoms with van der Waals surface area (Å²) < 4.78 is 0. The van der Waals surface area contributed by atoms with Crippen molar-refractivity contribution in [3.63, 3.8) is 0 Å². The molecule has 0 aromatic heterocycles. The van der Waals surface area contributed by atoms with E-state index in [-0.39, 0.29) is 30.5 Å². The summed E-state index contributed by atoms with van der Waals surface area (Å²) in [6.07, 6.45) is 0.126. The molecule has 0 radical (unpaired) electrons. The number of carbonyl (C=O) groups is 2. The highest BCUT2D eigenvalue weighted by molar-refractivity contribution is 5.93. The number of nitro benzene ring substituents is 1. The molecule has 0 saturated carbocycles. The Morgan fingerprint density at radius 1 is 1.07 bits per heavy atom. The number of nitrogens with one attached hydrogen (secondary N) is 1. The van der Waals surface area contributed by atoms with Crippen molar-refractivity contribution in [2.24, 2.45) is 0 Å². The highest BCUT2D eigenvalue weighted by atomic mass is 16.6. The first-order valence-corrected chi connectivity index (χ1v) is 8.17. The van der Waals surface area contributed by atoms with Crippen LogP contribution in [0.15, 0.2) is 48.5 Å². The molecule has 0 heterocycles. The largest absolute Gasteiger partial charge is 0.345 e. The third-order valence-electron chi connectivity index (χ3n) is 3.66. The molecule has 138 valence electrons. The van der Waals surface area contributed by atoms with E-state index in [1.165, 1.54) is 17.0 Å². The smallest absolute Gasteiger partial charge is 0.269 e. The van der Waals surface area contributed by atoms with Crippen LogP contribution >= 0.6 is 0 Å². The zero-order valence-electron chi connectivity index (χ0n) is 15.1. The van der Waals surface area contributed by atoms with Crippen molar-refractivity contribution in [2.75, 3.05) is 20.6 Å². The normalized spacial score (nSPS) is 9.70. The van der Waals surface area contributed by atoms with Crippen molar-refractivity contribution >= 4 is 17.5 Å². The van der Waals surface area contributed by atoms with Gasteiger partial charge in [0.2, 0.25) is 5.91 Å². The maximum atomic E-state index is 11.9. The van der Waals surface area contributed by atoms with Crippen LogP contribution in [-0.4, -0.2) is 42.3 Å². The second kappa shape index (κ2) is 9.15. The second-order valence-electron chi connectivity index (χ2n) is 5.96. The Kier molecular flexibility index (Phi) is 6.67. The van der Waals surface area contributed by atoms with Crippen LogP contribution in [0.4, 0.5) is 5.69 Å². The minimum Gasteiger partial charge on any atom is -0.345 e. The Labute approximate surface area is 157 Å². The van der Waals surface area contributed by atoms with E-state index >= 15 is 0 Å². The van der Waals surface area contributed by atoms with Gasteiger partial charge in [0.15, 0.2) is 0 Å². The van der Waals surface area contributed by atoms with E-state index in [2.05, 4.69) is 17.2 Å². The van der Waals surface area contributed by atoms with Gasteiger partial charge in [-0.3, -0.25) is 19.7 Å². The molecule has 0 unspecified atom stereocenters. The molecular weight excluding hydrogens is 346 g/mol. The highest BCUT2D eigenvalue weighted by Crippen LogP contribution is 2.12. The summed E-state index contributed by atoms with van der Waals surface area (Å²) in [5.74, 6) is 5.47. The lowest BCUT2D eigenvalue weighted by Crippen LogP contribution is -2.25. The summed E-state index contributed by atoms with van der Waals surface area (Å²) >= 11 is 0. The standard InChI is InChI=1S/C20H19N3O4/c1-22(2)20(25)17-9-5-15(6-10-17)4-3-13-21-19(24)14-16-7-11-18(12-8-16)23(26)27/h5-12H,13-14H2,1-2H3,(H,21,24). The maximum absolute atomic E-state index is 11.9. The molecule has 0 spiro atoms. The Morgan fingerprint density at radius 3 is 2.26 bits per heavy atom. The molecule has 0 fully saturated rings. The minimum absolute atomic E-state index is 0.0108. The first-order valence-electron chi connectivity index (χ1n) is 8.17. The molecule has 7 nitrogen and oxygen atoms in total. The molecule has 2 amide bonds. The molecule has 0 saturated heterocycles. The van der Waals surface area contributed by atoms with Gasteiger partial charge in [0.05, 0.1) is 17.9 Å². The van der Waals surface area contributed by atoms with Crippen LogP contribution in [0.1, 0.15) is 21.5 Å². The fraction of sp³-hybridized carbons (Fsp3) is 0.200. The predicted molar refractivity (Wildman–Crippen MR) is 101 cm³/mol. The lowest BCUT2D eigenvalue weighted by atomic mass is 10.1. The number of rotatable bonds is 5. The zero-order chi connectivity index (χ0) is 19.8. The lowest BCUT2D eigenvalue weighted by Gasteiger charge is -2.09. The minimum atomic E-state index is -0.484. The van der Waals surface area contributed by atoms with Crippen molar-refractivity contribution in [3.8, 4) is 11.8 Å². The fourth-order valence-electron chi connectivity index (χ4n) is 2.23. The molecule has 2 aromatic carbocycles. The molecule has 0 aliphatic heterocycles. The van der Waals surface area contributed by atoms with E-state index in [1.807, 2.05) is 0 Å². The van der Waals surface area contributed by atoms with Crippen molar-refractivity contribution < 1.29 is 14.5 Å². The molecule has 0 aliphatic rings. The summed E-state index contributed by atoms with van der Waals surface area (Å²) in [5, 5.41) is 13.3. The SMILES string of the molecule is CN(C)C(=O)c1ccc(C#CCNC(=O)Cc2ccc([N+](=O)[O-])cc2)cc1. The quantitative estimate of drug-likeness (QED) is 0.498. The summed E-state index contributed by atoms with van der Waals surface area (Å²) in [4.78, 5) is 35.3. The van der Waals surface area contributed by atoms with Gasteiger partial charge in [0.1, 0.15) is 0 Å². The monoisotopic (exact) mass is 365 g/mol. The molecule has 7 heteroatoms. The zero-order valence-corrected chi connectivity index (χ0v) is 15.1. The first-order chi connectivity index (χ1) is 12.9. The van der Waals surface area contributed by atoms with Crippen LogP contribution in [0.5, 0.6) is 0 Å². The summed E-state index contributed by atoms with van der Waals surface area (Å²) in [6, 6.07) is 12.8. The number of non-ortho nitro benzene ring substituents is 1. The predicted octanol–water partition coefficient (Wildman–Crippen LogP) is 2.01. The molecular formula is C20H19N3O4. The molecule has 27 heavy (non-hydrogen) atoms. The van der Waals surface area contributed by atoms with Gasteiger partial charge in [0, 0.05) is 37.4 Å². The van der Waals surface area contributed by atoms with Crippen LogP contribution in [-0.2, 0) is 11.2 Å². The van der Waals surface area contributed by atoms with Gasteiger partial charge in [0.25, 0.3) is 11.6 Å². The third-order valence-corrected chi connectivity index (χ3v) is 3.66. The number of hydrogen-bond acceptors (Lipinski definition) is 4. The van der Waals surface area contributed by atoms with E-state index in [0.29, 0.717) is 11.1 Å². The van der Waals surface area contributed by atoms with Crippen LogP contribution in [0, 0.1) is 22.0 Å². The maximum Gasteiger partial charge on any atom is 0.269 e. The Hall–Kier alpha value is -3.66. The third kappa shape index (κ3) is 5.97. The average Bonchev–Trinajstić information content (AvgIpc) is 2.65. The van der Waals surface area contributed by atoms with Crippen LogP contribution in [0.2, 0.25) is 0 Å². The van der Waals surface area contributed by atoms with Crippen LogP contribution in [0.25, 0.3) is 0 Å². The Balaban J connectivity index is 1.83. The number of benzene rings is 2. The molecule has 0 bridgehead atoms. The molecule has 0 atom stereocenters. The summed E-state index contributed by atoms with van der Waals surface area (Å²) in [7, 11) is 3.38. The Morgan fingerprint density at radius 2 is 1.70 bits per heavy atom. The van der Waals surface area contributed by atoms with Gasteiger partial charge in [-0.25, -0.2) is 0 Å². The van der Waals surface area contributed by atoms with Gasteiger partial charge < -0.3 is 10.2 Å². The molecule has 1 N–H and O–H groups in total. The first kappa shape index (κ1) is 19.7. The fourth-order valence-corrected chi connectivity index (χ4v) is 2.23. The second-order valence-corrected chi connectivity index (χ2v) is 5.96. The van der Waals surface area contributed by atoms with E-state index in [9.17, 15) is 19.7 Å². The molecule has 0 aliphatic carbocycles.